The van der Waals surface area contributed by atoms with Gasteiger partial charge in [-0.3, -0.25) is 13.9 Å². The summed E-state index contributed by atoms with van der Waals surface area (Å²) in [5, 5.41) is 3.17. The number of carbonyl (C=O) groups excluding carboxylic acids is 2. The molecule has 0 radical (unpaired) electrons. The van der Waals surface area contributed by atoms with Crippen LogP contribution in [-0.4, -0.2) is 50.0 Å². The molecule has 7 nitrogen and oxygen atoms in total. The largest absolute Gasteiger partial charge is 0.352 e. The van der Waals surface area contributed by atoms with Gasteiger partial charge in [0, 0.05) is 25.6 Å². The topological polar surface area (TPSA) is 86.8 Å². The summed E-state index contributed by atoms with van der Waals surface area (Å²) in [6.45, 7) is 8.40. The fraction of sp³-hybridized carbons (Fsp3) is 0.533. The Morgan fingerprint density at radius 1 is 1.03 bits per heavy atom. The zero-order chi connectivity index (χ0) is 27.9. The van der Waals surface area contributed by atoms with Crippen LogP contribution < -0.4 is 9.62 Å². The van der Waals surface area contributed by atoms with Gasteiger partial charge >= 0.3 is 0 Å². The van der Waals surface area contributed by atoms with E-state index in [4.69, 9.17) is 0 Å². The Labute approximate surface area is 228 Å². The molecule has 0 saturated heterocycles. The first kappa shape index (κ1) is 29.7. The highest BCUT2D eigenvalue weighted by Gasteiger charge is 2.30. The third-order valence-electron chi connectivity index (χ3n) is 7.45. The molecule has 1 aliphatic carbocycles. The highest BCUT2D eigenvalue weighted by atomic mass is 32.2. The molecule has 2 aromatic rings. The van der Waals surface area contributed by atoms with Gasteiger partial charge in [-0.1, -0.05) is 55.7 Å². The third-order valence-corrected chi connectivity index (χ3v) is 8.65. The van der Waals surface area contributed by atoms with Crippen LogP contribution in [0.25, 0.3) is 0 Å². The van der Waals surface area contributed by atoms with Gasteiger partial charge in [-0.2, -0.15) is 0 Å². The van der Waals surface area contributed by atoms with Gasteiger partial charge in [-0.05, 0) is 75.3 Å². The van der Waals surface area contributed by atoms with E-state index in [9.17, 15) is 18.0 Å². The number of aryl methyl sites for hydroxylation is 3. The molecule has 0 aliphatic heterocycles. The third kappa shape index (κ3) is 8.06. The Bertz CT molecular complexity index is 1220. The maximum atomic E-state index is 13.6. The molecule has 1 saturated carbocycles. The number of rotatable bonds is 12. The summed E-state index contributed by atoms with van der Waals surface area (Å²) in [6, 6.07) is 13.1. The molecule has 8 heteroatoms. The number of benzene rings is 2. The summed E-state index contributed by atoms with van der Waals surface area (Å²) < 4.78 is 26.6. The maximum Gasteiger partial charge on any atom is 0.243 e. The Balaban J connectivity index is 1.76. The van der Waals surface area contributed by atoms with E-state index in [0.29, 0.717) is 25.1 Å². The van der Waals surface area contributed by atoms with E-state index in [2.05, 4.69) is 5.32 Å². The van der Waals surface area contributed by atoms with Crippen molar-refractivity contribution < 1.29 is 18.0 Å². The number of sulfonamides is 1. The molecule has 1 atom stereocenters. The maximum absolute atomic E-state index is 13.6. The lowest BCUT2D eigenvalue weighted by molar-refractivity contribution is -0.141. The summed E-state index contributed by atoms with van der Waals surface area (Å²) in [7, 11) is -3.52. The van der Waals surface area contributed by atoms with Gasteiger partial charge in [-0.25, -0.2) is 8.42 Å². The van der Waals surface area contributed by atoms with Gasteiger partial charge in [0.2, 0.25) is 21.8 Å². The minimum absolute atomic E-state index is 0.103. The van der Waals surface area contributed by atoms with Crippen molar-refractivity contribution in [1.29, 1.82) is 0 Å². The van der Waals surface area contributed by atoms with E-state index in [1.165, 1.54) is 10.6 Å². The van der Waals surface area contributed by atoms with Gasteiger partial charge in [0.05, 0.1) is 11.9 Å². The van der Waals surface area contributed by atoms with Crippen molar-refractivity contribution in [1.82, 2.24) is 10.2 Å². The van der Waals surface area contributed by atoms with Crippen LogP contribution in [-0.2, 0) is 26.2 Å². The molecule has 38 heavy (non-hydrogen) atoms. The molecule has 0 spiro atoms. The molecule has 3 rings (SSSR count). The Morgan fingerprint density at radius 3 is 2.34 bits per heavy atom. The average molecular weight is 542 g/mol. The molecule has 1 unspecified atom stereocenters. The molecule has 0 aromatic heterocycles. The molecule has 2 aromatic carbocycles. The van der Waals surface area contributed by atoms with Crippen molar-refractivity contribution in [3.63, 3.8) is 0 Å². The van der Waals surface area contributed by atoms with Crippen molar-refractivity contribution in [2.75, 3.05) is 17.1 Å². The number of nitrogens with zero attached hydrogens (tertiary/aromatic N) is 2. The number of nitrogens with one attached hydrogen (secondary N) is 1. The van der Waals surface area contributed by atoms with E-state index in [-0.39, 0.29) is 30.8 Å². The number of hydrogen-bond acceptors (Lipinski definition) is 4. The van der Waals surface area contributed by atoms with Gasteiger partial charge in [0.15, 0.2) is 0 Å². The Morgan fingerprint density at radius 2 is 1.74 bits per heavy atom. The van der Waals surface area contributed by atoms with E-state index >= 15 is 0 Å². The monoisotopic (exact) mass is 541 g/mol. The van der Waals surface area contributed by atoms with E-state index in [0.717, 1.165) is 47.9 Å². The molecule has 0 bridgehead atoms. The van der Waals surface area contributed by atoms with E-state index in [1.54, 1.807) is 11.0 Å². The van der Waals surface area contributed by atoms with Crippen LogP contribution >= 0.6 is 0 Å². The number of amides is 2. The summed E-state index contributed by atoms with van der Waals surface area (Å²) in [5.74, 6) is -0.248. The molecular formula is C30H43N3O4S. The van der Waals surface area contributed by atoms with Crippen LogP contribution in [0.15, 0.2) is 42.5 Å². The standard InChI is InChI=1S/C30H43N3O4S/c1-6-28(30(35)31-26-13-7-8-14-26)32(21-25-12-9-11-22(2)19-25)29(34)15-10-18-33(38(5,36)37)27-17-16-23(3)24(4)20-27/h9,11-12,16-17,19-20,26,28H,6-8,10,13-15,18,21H2,1-5H3,(H,31,35). The minimum atomic E-state index is -3.52. The average Bonchev–Trinajstić information content (AvgIpc) is 3.35. The van der Waals surface area contributed by atoms with Gasteiger partial charge in [-0.15, -0.1) is 0 Å². The quantitative estimate of drug-likeness (QED) is 0.409. The summed E-state index contributed by atoms with van der Waals surface area (Å²) in [5.41, 5.74) is 4.76. The zero-order valence-corrected chi connectivity index (χ0v) is 24.3. The molecule has 208 valence electrons. The number of anilines is 1. The highest BCUT2D eigenvalue weighted by Crippen LogP contribution is 2.23. The van der Waals surface area contributed by atoms with Crippen molar-refractivity contribution in [2.45, 2.75) is 91.3 Å². The first-order valence-corrected chi connectivity index (χ1v) is 15.5. The van der Waals surface area contributed by atoms with Crippen LogP contribution in [0.2, 0.25) is 0 Å². The van der Waals surface area contributed by atoms with Crippen molar-refractivity contribution in [3.8, 4) is 0 Å². The van der Waals surface area contributed by atoms with Crippen molar-refractivity contribution in [2.24, 2.45) is 0 Å². The number of carbonyl (C=O) groups is 2. The lowest BCUT2D eigenvalue weighted by atomic mass is 10.1. The smallest absolute Gasteiger partial charge is 0.243 e. The van der Waals surface area contributed by atoms with Gasteiger partial charge in [0.25, 0.3) is 0 Å². The molecule has 1 aliphatic rings. The fourth-order valence-corrected chi connectivity index (χ4v) is 6.14. The summed E-state index contributed by atoms with van der Waals surface area (Å²) in [6.07, 6.45) is 6.39. The first-order chi connectivity index (χ1) is 18.0. The fourth-order valence-electron chi connectivity index (χ4n) is 5.18. The predicted octanol–water partition coefficient (Wildman–Crippen LogP) is 5.02. The van der Waals surface area contributed by atoms with Crippen LogP contribution in [0.3, 0.4) is 0 Å². The highest BCUT2D eigenvalue weighted by molar-refractivity contribution is 7.92. The van der Waals surface area contributed by atoms with Crippen LogP contribution in [0, 0.1) is 20.8 Å². The molecule has 2 amide bonds. The molecule has 1 N–H and O–H groups in total. The molecule has 0 heterocycles. The predicted molar refractivity (Wildman–Crippen MR) is 154 cm³/mol. The normalized spacial score (nSPS) is 14.8. The lowest BCUT2D eigenvalue weighted by Crippen LogP contribution is -2.51. The minimum Gasteiger partial charge on any atom is -0.352 e. The first-order valence-electron chi connectivity index (χ1n) is 13.7. The Kier molecular flexibility index (Phi) is 10.4. The van der Waals surface area contributed by atoms with Crippen LogP contribution in [0.1, 0.15) is 74.1 Å². The van der Waals surface area contributed by atoms with E-state index in [1.807, 2.05) is 64.1 Å². The van der Waals surface area contributed by atoms with Crippen LogP contribution in [0.5, 0.6) is 0 Å². The second-order valence-electron chi connectivity index (χ2n) is 10.6. The van der Waals surface area contributed by atoms with Gasteiger partial charge < -0.3 is 10.2 Å². The van der Waals surface area contributed by atoms with Crippen molar-refractivity contribution in [3.05, 3.63) is 64.7 Å². The zero-order valence-electron chi connectivity index (χ0n) is 23.5. The lowest BCUT2D eigenvalue weighted by Gasteiger charge is -2.32. The second-order valence-corrected chi connectivity index (χ2v) is 12.5. The van der Waals surface area contributed by atoms with E-state index < -0.39 is 16.1 Å². The van der Waals surface area contributed by atoms with Crippen molar-refractivity contribution >= 4 is 27.5 Å². The number of hydrogen-bond donors (Lipinski definition) is 1. The Hall–Kier alpha value is -2.87. The second kappa shape index (κ2) is 13.3. The summed E-state index contributed by atoms with van der Waals surface area (Å²) in [4.78, 5) is 28.6. The summed E-state index contributed by atoms with van der Waals surface area (Å²) >= 11 is 0. The molecule has 1 fully saturated rings. The molecular weight excluding hydrogens is 498 g/mol. The van der Waals surface area contributed by atoms with Gasteiger partial charge in [0.1, 0.15) is 6.04 Å². The van der Waals surface area contributed by atoms with Crippen LogP contribution in [0.4, 0.5) is 5.69 Å². The SMILES string of the molecule is CCC(C(=O)NC1CCCC1)N(Cc1cccc(C)c1)C(=O)CCCN(c1ccc(C)c(C)c1)S(C)(=O)=O.